The zero-order valence-electron chi connectivity index (χ0n) is 10.3. The van der Waals surface area contributed by atoms with Crippen molar-refractivity contribution in [3.8, 4) is 0 Å². The Morgan fingerprint density at radius 2 is 2.18 bits per heavy atom. The molecule has 0 aromatic heterocycles. The molecule has 1 aliphatic heterocycles. The van der Waals surface area contributed by atoms with Crippen LogP contribution in [0.15, 0.2) is 12.7 Å². The van der Waals surface area contributed by atoms with E-state index in [1.807, 2.05) is 6.08 Å². The van der Waals surface area contributed by atoms with E-state index in [0.29, 0.717) is 24.1 Å². The maximum absolute atomic E-state index is 11.5. The van der Waals surface area contributed by atoms with Gasteiger partial charge < -0.3 is 5.32 Å². The Balaban J connectivity index is 1.78. The van der Waals surface area contributed by atoms with Crippen LogP contribution in [0.1, 0.15) is 19.3 Å². The summed E-state index contributed by atoms with van der Waals surface area (Å²) in [6, 6.07) is 0.855. The molecular weight excluding hydrogens is 236 g/mol. The molecule has 2 aliphatic rings. The van der Waals surface area contributed by atoms with Crippen molar-refractivity contribution in [3.63, 3.8) is 0 Å². The van der Waals surface area contributed by atoms with E-state index in [1.54, 1.807) is 0 Å². The summed E-state index contributed by atoms with van der Waals surface area (Å²) < 4.78 is 23.0. The Morgan fingerprint density at radius 1 is 1.41 bits per heavy atom. The van der Waals surface area contributed by atoms with Crippen molar-refractivity contribution in [3.05, 3.63) is 12.7 Å². The van der Waals surface area contributed by atoms with Gasteiger partial charge in [-0.2, -0.15) is 0 Å². The molecule has 2 rings (SSSR count). The summed E-state index contributed by atoms with van der Waals surface area (Å²) >= 11 is 0. The summed E-state index contributed by atoms with van der Waals surface area (Å²) in [5, 5.41) is 3.30. The maximum Gasteiger partial charge on any atom is 0.153 e. The third-order valence-corrected chi connectivity index (χ3v) is 5.23. The zero-order chi connectivity index (χ0) is 12.3. The molecule has 0 bridgehead atoms. The monoisotopic (exact) mass is 258 g/mol. The van der Waals surface area contributed by atoms with Crippen molar-refractivity contribution in [2.45, 2.75) is 31.3 Å². The highest BCUT2D eigenvalue weighted by atomic mass is 32.2. The van der Waals surface area contributed by atoms with Crippen molar-refractivity contribution in [1.29, 1.82) is 0 Å². The quantitative estimate of drug-likeness (QED) is 0.701. The standard InChI is InChI=1S/C12H22N2O2S/c1-2-7-14(12-3-4-12)8-5-11-10-17(15,16)9-6-13-11/h2,11-13H,1,3-10H2. The molecule has 1 aliphatic carbocycles. The van der Waals surface area contributed by atoms with Crippen LogP contribution in [-0.4, -0.2) is 56.5 Å². The van der Waals surface area contributed by atoms with Crippen LogP contribution in [-0.2, 0) is 9.84 Å². The second-order valence-corrected chi connectivity index (χ2v) is 7.30. The van der Waals surface area contributed by atoms with E-state index < -0.39 is 9.84 Å². The van der Waals surface area contributed by atoms with Crippen LogP contribution in [0.3, 0.4) is 0 Å². The van der Waals surface area contributed by atoms with E-state index in [9.17, 15) is 8.42 Å². The van der Waals surface area contributed by atoms with Crippen LogP contribution in [0.5, 0.6) is 0 Å². The van der Waals surface area contributed by atoms with Crippen molar-refractivity contribution < 1.29 is 8.42 Å². The minimum Gasteiger partial charge on any atom is -0.312 e. The lowest BCUT2D eigenvalue weighted by molar-refractivity contribution is 0.274. The summed E-state index contributed by atoms with van der Waals surface area (Å²) in [5.74, 6) is 0.599. The van der Waals surface area contributed by atoms with Crippen LogP contribution in [0.4, 0.5) is 0 Å². The van der Waals surface area contributed by atoms with Gasteiger partial charge in [0.25, 0.3) is 0 Å². The Hall–Kier alpha value is -0.390. The number of sulfone groups is 1. The van der Waals surface area contributed by atoms with Gasteiger partial charge in [-0.15, -0.1) is 6.58 Å². The van der Waals surface area contributed by atoms with Gasteiger partial charge in [0.15, 0.2) is 9.84 Å². The van der Waals surface area contributed by atoms with Gasteiger partial charge in [-0.05, 0) is 19.3 Å². The average molecular weight is 258 g/mol. The zero-order valence-corrected chi connectivity index (χ0v) is 11.1. The molecule has 5 heteroatoms. The molecule has 2 fully saturated rings. The van der Waals surface area contributed by atoms with Gasteiger partial charge in [-0.1, -0.05) is 6.08 Å². The number of hydrogen-bond donors (Lipinski definition) is 1. The normalized spacial score (nSPS) is 28.2. The van der Waals surface area contributed by atoms with Gasteiger partial charge in [-0.3, -0.25) is 4.90 Å². The van der Waals surface area contributed by atoms with Gasteiger partial charge in [0.1, 0.15) is 0 Å². The molecular formula is C12H22N2O2S. The van der Waals surface area contributed by atoms with E-state index in [2.05, 4.69) is 16.8 Å². The molecule has 0 aromatic carbocycles. The van der Waals surface area contributed by atoms with E-state index >= 15 is 0 Å². The minimum absolute atomic E-state index is 0.139. The summed E-state index contributed by atoms with van der Waals surface area (Å²) in [5.41, 5.74) is 0. The number of nitrogens with one attached hydrogen (secondary N) is 1. The molecule has 1 atom stereocenters. The molecule has 1 saturated heterocycles. The number of hydrogen-bond acceptors (Lipinski definition) is 4. The third-order valence-electron chi connectivity index (χ3n) is 3.49. The first-order valence-corrected chi connectivity index (χ1v) is 8.21. The Kier molecular flexibility index (Phi) is 4.22. The number of rotatable bonds is 6. The fourth-order valence-electron chi connectivity index (χ4n) is 2.40. The molecule has 0 spiro atoms. The van der Waals surface area contributed by atoms with Crippen LogP contribution < -0.4 is 5.32 Å². The molecule has 1 unspecified atom stereocenters. The predicted molar refractivity (Wildman–Crippen MR) is 69.9 cm³/mol. The lowest BCUT2D eigenvalue weighted by Gasteiger charge is -2.27. The Labute approximate surface area is 104 Å². The van der Waals surface area contributed by atoms with Crippen molar-refractivity contribution in [2.24, 2.45) is 0 Å². The second kappa shape index (κ2) is 5.50. The summed E-state index contributed by atoms with van der Waals surface area (Å²) in [6.07, 6.45) is 5.42. The minimum atomic E-state index is -2.80. The highest BCUT2D eigenvalue weighted by Gasteiger charge is 2.29. The van der Waals surface area contributed by atoms with Crippen LogP contribution in [0, 0.1) is 0 Å². The average Bonchev–Trinajstić information content (AvgIpc) is 3.06. The lowest BCUT2D eigenvalue weighted by Crippen LogP contribution is -2.46. The van der Waals surface area contributed by atoms with Gasteiger partial charge in [0.05, 0.1) is 11.5 Å². The van der Waals surface area contributed by atoms with Gasteiger partial charge in [0, 0.05) is 31.7 Å². The number of nitrogens with zero attached hydrogens (tertiary/aromatic N) is 1. The first-order chi connectivity index (χ1) is 8.11. The smallest absolute Gasteiger partial charge is 0.153 e. The lowest BCUT2D eigenvalue weighted by atomic mass is 10.2. The third kappa shape index (κ3) is 4.08. The Morgan fingerprint density at radius 3 is 2.76 bits per heavy atom. The van der Waals surface area contributed by atoms with Crippen molar-refractivity contribution in [2.75, 3.05) is 31.1 Å². The first kappa shape index (κ1) is 13.1. The SMILES string of the molecule is C=CCN(CCC1CS(=O)(=O)CCN1)C1CC1. The second-order valence-electron chi connectivity index (χ2n) is 5.07. The molecule has 98 valence electrons. The molecule has 1 saturated carbocycles. The summed E-state index contributed by atoms with van der Waals surface area (Å²) in [7, 11) is -2.80. The molecule has 0 radical (unpaired) electrons. The maximum atomic E-state index is 11.5. The highest BCUT2D eigenvalue weighted by Crippen LogP contribution is 2.26. The molecule has 0 amide bonds. The first-order valence-electron chi connectivity index (χ1n) is 6.39. The van der Waals surface area contributed by atoms with E-state index in [-0.39, 0.29) is 6.04 Å². The summed E-state index contributed by atoms with van der Waals surface area (Å²) in [6.45, 7) is 6.28. The molecule has 17 heavy (non-hydrogen) atoms. The molecule has 1 heterocycles. The van der Waals surface area contributed by atoms with Crippen molar-refractivity contribution in [1.82, 2.24) is 10.2 Å². The van der Waals surface area contributed by atoms with Gasteiger partial charge >= 0.3 is 0 Å². The largest absolute Gasteiger partial charge is 0.312 e. The summed E-state index contributed by atoms with van der Waals surface area (Å²) in [4.78, 5) is 2.41. The molecule has 0 aromatic rings. The van der Waals surface area contributed by atoms with Gasteiger partial charge in [0.2, 0.25) is 0 Å². The van der Waals surface area contributed by atoms with E-state index in [1.165, 1.54) is 12.8 Å². The highest BCUT2D eigenvalue weighted by molar-refractivity contribution is 7.91. The van der Waals surface area contributed by atoms with Crippen LogP contribution in [0.25, 0.3) is 0 Å². The topological polar surface area (TPSA) is 49.4 Å². The predicted octanol–water partition coefficient (Wildman–Crippen LogP) is 0.414. The van der Waals surface area contributed by atoms with Gasteiger partial charge in [-0.25, -0.2) is 8.42 Å². The fourth-order valence-corrected chi connectivity index (χ4v) is 3.90. The van der Waals surface area contributed by atoms with Crippen molar-refractivity contribution >= 4 is 9.84 Å². The van der Waals surface area contributed by atoms with Crippen LogP contribution >= 0.6 is 0 Å². The molecule has 4 nitrogen and oxygen atoms in total. The Bertz CT molecular complexity index is 363. The van der Waals surface area contributed by atoms with Crippen LogP contribution in [0.2, 0.25) is 0 Å². The van der Waals surface area contributed by atoms with E-state index in [4.69, 9.17) is 0 Å². The molecule has 1 N–H and O–H groups in total. The fraction of sp³-hybridized carbons (Fsp3) is 0.833. The van der Waals surface area contributed by atoms with E-state index in [0.717, 1.165) is 19.5 Å².